The van der Waals surface area contributed by atoms with Gasteiger partial charge < -0.3 is 15.4 Å². The molecule has 0 aliphatic carbocycles. The van der Waals surface area contributed by atoms with Crippen LogP contribution in [0.5, 0.6) is 5.75 Å². The van der Waals surface area contributed by atoms with Crippen LogP contribution in [0.1, 0.15) is 30.9 Å². The summed E-state index contributed by atoms with van der Waals surface area (Å²) in [6.45, 7) is 12.1. The number of amides is 1. The van der Waals surface area contributed by atoms with E-state index in [1.54, 1.807) is 0 Å². The number of benzene rings is 1. The van der Waals surface area contributed by atoms with Crippen LogP contribution in [-0.4, -0.2) is 56.7 Å². The third kappa shape index (κ3) is 6.67. The molecule has 2 rings (SSSR count). The molecule has 2 N–H and O–H groups in total. The zero-order valence-corrected chi connectivity index (χ0v) is 15.7. The fourth-order valence-electron chi connectivity index (χ4n) is 2.73. The standard InChI is InChI=1S/C18H29N3O2.ClH/c1-14(2)16-5-4-15(3)12-17(16)23-13-18(22)20-8-11-21-9-6-19-7-10-21;/h4-5,12,14,19H,6-11,13H2,1-3H3,(H,20,22);1H. The Morgan fingerprint density at radius 2 is 2.04 bits per heavy atom. The van der Waals surface area contributed by atoms with Crippen LogP contribution < -0.4 is 15.4 Å². The summed E-state index contributed by atoms with van der Waals surface area (Å²) >= 11 is 0. The van der Waals surface area contributed by atoms with Crippen molar-refractivity contribution in [3.63, 3.8) is 0 Å². The Bertz CT molecular complexity index is 517. The van der Waals surface area contributed by atoms with Crippen molar-refractivity contribution >= 4 is 18.3 Å². The molecule has 1 saturated heterocycles. The van der Waals surface area contributed by atoms with Gasteiger partial charge in [0, 0.05) is 39.3 Å². The zero-order chi connectivity index (χ0) is 16.7. The predicted molar refractivity (Wildman–Crippen MR) is 100 cm³/mol. The van der Waals surface area contributed by atoms with E-state index in [1.807, 2.05) is 13.0 Å². The summed E-state index contributed by atoms with van der Waals surface area (Å²) in [6.07, 6.45) is 0. The molecule has 1 aliphatic rings. The summed E-state index contributed by atoms with van der Waals surface area (Å²) in [5, 5.41) is 6.26. The van der Waals surface area contributed by atoms with Gasteiger partial charge >= 0.3 is 0 Å². The highest BCUT2D eigenvalue weighted by molar-refractivity contribution is 5.85. The van der Waals surface area contributed by atoms with Gasteiger partial charge in [0.25, 0.3) is 5.91 Å². The molecule has 6 heteroatoms. The molecule has 0 atom stereocenters. The minimum Gasteiger partial charge on any atom is -0.483 e. The first-order valence-electron chi connectivity index (χ1n) is 8.49. The van der Waals surface area contributed by atoms with Crippen LogP contribution in [0.4, 0.5) is 0 Å². The minimum absolute atomic E-state index is 0. The fourth-order valence-corrected chi connectivity index (χ4v) is 2.73. The maximum Gasteiger partial charge on any atom is 0.257 e. The van der Waals surface area contributed by atoms with E-state index in [-0.39, 0.29) is 24.9 Å². The van der Waals surface area contributed by atoms with Gasteiger partial charge in [0.05, 0.1) is 0 Å². The number of piperazine rings is 1. The molecule has 136 valence electrons. The Hall–Kier alpha value is -1.30. The summed E-state index contributed by atoms with van der Waals surface area (Å²) in [5.74, 6) is 1.13. The second-order valence-corrected chi connectivity index (χ2v) is 6.43. The monoisotopic (exact) mass is 355 g/mol. The highest BCUT2D eigenvalue weighted by atomic mass is 35.5. The first-order chi connectivity index (χ1) is 11.1. The lowest BCUT2D eigenvalue weighted by Gasteiger charge is -2.27. The van der Waals surface area contributed by atoms with Crippen LogP contribution in [0.15, 0.2) is 18.2 Å². The number of nitrogens with one attached hydrogen (secondary N) is 2. The molecule has 0 unspecified atom stereocenters. The Balaban J connectivity index is 0.00000288. The van der Waals surface area contributed by atoms with Crippen LogP contribution in [0.25, 0.3) is 0 Å². The third-order valence-electron chi connectivity index (χ3n) is 4.11. The molecule has 0 bridgehead atoms. The van der Waals surface area contributed by atoms with Crippen molar-refractivity contribution in [3.05, 3.63) is 29.3 Å². The molecule has 24 heavy (non-hydrogen) atoms. The van der Waals surface area contributed by atoms with E-state index in [0.717, 1.165) is 49.6 Å². The molecule has 1 aliphatic heterocycles. The summed E-state index contributed by atoms with van der Waals surface area (Å²) in [4.78, 5) is 14.3. The molecule has 1 heterocycles. The van der Waals surface area contributed by atoms with Crippen molar-refractivity contribution < 1.29 is 9.53 Å². The molecule has 0 spiro atoms. The molecule has 0 aromatic heterocycles. The van der Waals surface area contributed by atoms with E-state index < -0.39 is 0 Å². The Kier molecular flexibility index (Phi) is 9.11. The summed E-state index contributed by atoms with van der Waals surface area (Å²) in [7, 11) is 0. The number of carbonyl (C=O) groups is 1. The normalized spacial score (nSPS) is 15.0. The maximum absolute atomic E-state index is 12.0. The van der Waals surface area contributed by atoms with Gasteiger partial charge in [-0.2, -0.15) is 0 Å². The molecule has 1 amide bonds. The molecule has 1 aromatic rings. The number of aryl methyl sites for hydroxylation is 1. The largest absolute Gasteiger partial charge is 0.483 e. The van der Waals surface area contributed by atoms with Crippen LogP contribution >= 0.6 is 12.4 Å². The molecule has 0 saturated carbocycles. The van der Waals surface area contributed by atoms with Crippen molar-refractivity contribution in [3.8, 4) is 5.75 Å². The van der Waals surface area contributed by atoms with Crippen LogP contribution in [0.2, 0.25) is 0 Å². The topological polar surface area (TPSA) is 53.6 Å². The van der Waals surface area contributed by atoms with Crippen LogP contribution in [0, 0.1) is 6.92 Å². The average Bonchev–Trinajstić information content (AvgIpc) is 2.53. The first kappa shape index (κ1) is 20.7. The third-order valence-corrected chi connectivity index (χ3v) is 4.11. The van der Waals surface area contributed by atoms with Gasteiger partial charge in [-0.05, 0) is 30.0 Å². The predicted octanol–water partition coefficient (Wildman–Crippen LogP) is 1.94. The average molecular weight is 356 g/mol. The quantitative estimate of drug-likeness (QED) is 0.785. The van der Waals surface area contributed by atoms with E-state index in [1.165, 1.54) is 0 Å². The zero-order valence-electron chi connectivity index (χ0n) is 14.9. The lowest BCUT2D eigenvalue weighted by molar-refractivity contribution is -0.123. The SMILES string of the molecule is Cc1ccc(C(C)C)c(OCC(=O)NCCN2CCNCC2)c1.Cl. The van der Waals surface area contributed by atoms with Gasteiger partial charge in [0.1, 0.15) is 5.75 Å². The first-order valence-corrected chi connectivity index (χ1v) is 8.49. The molecule has 1 fully saturated rings. The van der Waals surface area contributed by atoms with Crippen molar-refractivity contribution in [2.24, 2.45) is 0 Å². The van der Waals surface area contributed by atoms with E-state index in [9.17, 15) is 4.79 Å². The lowest BCUT2D eigenvalue weighted by atomic mass is 10.0. The van der Waals surface area contributed by atoms with Gasteiger partial charge in [0.2, 0.25) is 0 Å². The van der Waals surface area contributed by atoms with Gasteiger partial charge in [-0.3, -0.25) is 9.69 Å². The van der Waals surface area contributed by atoms with E-state index >= 15 is 0 Å². The minimum atomic E-state index is -0.0589. The van der Waals surface area contributed by atoms with Gasteiger partial charge in [0.15, 0.2) is 6.61 Å². The van der Waals surface area contributed by atoms with E-state index in [4.69, 9.17) is 4.74 Å². The van der Waals surface area contributed by atoms with E-state index in [0.29, 0.717) is 12.5 Å². The number of nitrogens with zero attached hydrogens (tertiary/aromatic N) is 1. The van der Waals surface area contributed by atoms with Crippen molar-refractivity contribution in [2.75, 3.05) is 45.9 Å². The highest BCUT2D eigenvalue weighted by Gasteiger charge is 2.11. The van der Waals surface area contributed by atoms with Crippen LogP contribution in [-0.2, 0) is 4.79 Å². The van der Waals surface area contributed by atoms with Crippen molar-refractivity contribution in [1.29, 1.82) is 0 Å². The Morgan fingerprint density at radius 1 is 1.33 bits per heavy atom. The summed E-state index contributed by atoms with van der Waals surface area (Å²) in [6, 6.07) is 6.16. The fraction of sp³-hybridized carbons (Fsp3) is 0.611. The Labute approximate surface area is 151 Å². The second-order valence-electron chi connectivity index (χ2n) is 6.43. The second kappa shape index (κ2) is 10.5. The molecule has 0 radical (unpaired) electrons. The van der Waals surface area contributed by atoms with Gasteiger partial charge in [-0.15, -0.1) is 12.4 Å². The number of hydrogen-bond acceptors (Lipinski definition) is 4. The van der Waals surface area contributed by atoms with Crippen molar-refractivity contribution in [1.82, 2.24) is 15.5 Å². The highest BCUT2D eigenvalue weighted by Crippen LogP contribution is 2.27. The number of halogens is 1. The van der Waals surface area contributed by atoms with Gasteiger partial charge in [-0.25, -0.2) is 0 Å². The smallest absolute Gasteiger partial charge is 0.257 e. The van der Waals surface area contributed by atoms with Crippen molar-refractivity contribution in [2.45, 2.75) is 26.7 Å². The lowest BCUT2D eigenvalue weighted by Crippen LogP contribution is -2.46. The number of carbonyl (C=O) groups excluding carboxylic acids is 1. The van der Waals surface area contributed by atoms with Crippen LogP contribution in [0.3, 0.4) is 0 Å². The molecule has 5 nitrogen and oxygen atoms in total. The van der Waals surface area contributed by atoms with E-state index in [2.05, 4.69) is 41.5 Å². The Morgan fingerprint density at radius 3 is 2.71 bits per heavy atom. The maximum atomic E-state index is 12.0. The summed E-state index contributed by atoms with van der Waals surface area (Å²) in [5.41, 5.74) is 2.28. The number of ether oxygens (including phenoxy) is 1. The number of hydrogen-bond donors (Lipinski definition) is 2. The number of rotatable bonds is 7. The molecular formula is C18H30ClN3O2. The van der Waals surface area contributed by atoms with Gasteiger partial charge in [-0.1, -0.05) is 26.0 Å². The molecular weight excluding hydrogens is 326 g/mol. The summed E-state index contributed by atoms with van der Waals surface area (Å²) < 4.78 is 5.75. The molecule has 1 aromatic carbocycles.